The number of esters is 1. The van der Waals surface area contributed by atoms with E-state index in [1.807, 2.05) is 0 Å². The van der Waals surface area contributed by atoms with Crippen LogP contribution < -0.4 is 4.74 Å². The van der Waals surface area contributed by atoms with E-state index in [1.54, 1.807) is 0 Å². The predicted octanol–water partition coefficient (Wildman–Crippen LogP) is 2.67. The topological polar surface area (TPSA) is 49.8 Å². The molecule has 0 radical (unpaired) electrons. The lowest BCUT2D eigenvalue weighted by molar-refractivity contribution is -0.131. The molecule has 0 amide bonds. The average molecular weight is 253 g/mol. The van der Waals surface area contributed by atoms with Crippen molar-refractivity contribution in [1.82, 2.24) is 4.90 Å². The van der Waals surface area contributed by atoms with Gasteiger partial charge in [0.2, 0.25) is 0 Å². The zero-order valence-electron chi connectivity index (χ0n) is 11.6. The van der Waals surface area contributed by atoms with Gasteiger partial charge in [-0.05, 0) is 43.9 Å². The van der Waals surface area contributed by atoms with Gasteiger partial charge in [-0.2, -0.15) is 0 Å². The summed E-state index contributed by atoms with van der Waals surface area (Å²) < 4.78 is 4.72. The van der Waals surface area contributed by atoms with Crippen LogP contribution in [0.5, 0.6) is 11.5 Å². The van der Waals surface area contributed by atoms with E-state index >= 15 is 0 Å². The molecule has 1 rings (SSSR count). The first kappa shape index (κ1) is 16.4. The summed E-state index contributed by atoms with van der Waals surface area (Å²) in [6, 6.07) is 5.96. The number of aromatic hydroxyl groups is 1. The first-order chi connectivity index (χ1) is 8.53. The molecule has 0 atom stereocenters. The van der Waals surface area contributed by atoms with E-state index in [4.69, 9.17) is 9.84 Å². The van der Waals surface area contributed by atoms with Crippen LogP contribution in [-0.2, 0) is 4.79 Å². The molecule has 0 spiro atoms. The molecule has 0 saturated carbocycles. The smallest absolute Gasteiger partial charge is 0.308 e. The molecule has 0 aliphatic heterocycles. The summed E-state index contributed by atoms with van der Waals surface area (Å²) in [6.07, 6.45) is 0. The second-order valence-corrected chi connectivity index (χ2v) is 3.71. The Morgan fingerprint density at radius 1 is 1.11 bits per heavy atom. The fourth-order valence-corrected chi connectivity index (χ4v) is 1.35. The van der Waals surface area contributed by atoms with Crippen LogP contribution in [0.25, 0.3) is 0 Å². The minimum Gasteiger partial charge on any atom is -0.508 e. The van der Waals surface area contributed by atoms with Crippen LogP contribution in [0, 0.1) is 0 Å². The Morgan fingerprint density at radius 3 is 1.83 bits per heavy atom. The summed E-state index contributed by atoms with van der Waals surface area (Å²) in [6.45, 7) is 11.5. The second-order valence-electron chi connectivity index (χ2n) is 3.71. The highest BCUT2D eigenvalue weighted by molar-refractivity contribution is 5.69. The summed E-state index contributed by atoms with van der Waals surface area (Å²) >= 11 is 0. The predicted molar refractivity (Wildman–Crippen MR) is 72.9 cm³/mol. The van der Waals surface area contributed by atoms with Crippen molar-refractivity contribution in [2.24, 2.45) is 0 Å². The number of phenolic OH excluding ortho intramolecular Hbond substituents is 1. The molecule has 0 unspecified atom stereocenters. The minimum atomic E-state index is -0.365. The molecular weight excluding hydrogens is 230 g/mol. The summed E-state index contributed by atoms with van der Waals surface area (Å²) in [5.41, 5.74) is 0. The summed E-state index contributed by atoms with van der Waals surface area (Å²) in [5.74, 6) is 0.229. The fraction of sp³-hybridized carbons (Fsp3) is 0.500. The molecule has 0 bridgehead atoms. The molecule has 1 N–H and O–H groups in total. The number of phenols is 1. The van der Waals surface area contributed by atoms with Gasteiger partial charge in [0.25, 0.3) is 0 Å². The monoisotopic (exact) mass is 253 g/mol. The Balaban J connectivity index is 0.000000360. The van der Waals surface area contributed by atoms with Crippen molar-refractivity contribution in [2.75, 3.05) is 19.6 Å². The van der Waals surface area contributed by atoms with Crippen molar-refractivity contribution >= 4 is 5.97 Å². The molecule has 102 valence electrons. The zero-order valence-corrected chi connectivity index (χ0v) is 11.6. The van der Waals surface area contributed by atoms with Gasteiger partial charge in [-0.25, -0.2) is 0 Å². The molecular formula is C14H23NO3. The van der Waals surface area contributed by atoms with Gasteiger partial charge in [-0.1, -0.05) is 20.8 Å². The Hall–Kier alpha value is -1.55. The maximum atomic E-state index is 10.4. The molecule has 4 heteroatoms. The standard InChI is InChI=1S/C8H8O3.C6H15N/c1-6(9)11-8-4-2-7(10)3-5-8;1-4-7(5-2)6-3/h2-5,10H,1H3;4-6H2,1-3H3. The highest BCUT2D eigenvalue weighted by Crippen LogP contribution is 2.15. The fourth-order valence-electron chi connectivity index (χ4n) is 1.35. The average Bonchev–Trinajstić information content (AvgIpc) is 2.35. The zero-order chi connectivity index (χ0) is 14.0. The van der Waals surface area contributed by atoms with Crippen LogP contribution in [0.15, 0.2) is 24.3 Å². The molecule has 0 aromatic heterocycles. The van der Waals surface area contributed by atoms with Crippen LogP contribution in [-0.4, -0.2) is 35.6 Å². The number of hydrogen-bond donors (Lipinski definition) is 1. The summed E-state index contributed by atoms with van der Waals surface area (Å²) in [4.78, 5) is 12.8. The van der Waals surface area contributed by atoms with Crippen molar-refractivity contribution in [3.63, 3.8) is 0 Å². The van der Waals surface area contributed by atoms with Crippen LogP contribution in [0.2, 0.25) is 0 Å². The van der Waals surface area contributed by atoms with Gasteiger partial charge in [-0.3, -0.25) is 4.79 Å². The van der Waals surface area contributed by atoms with Crippen LogP contribution >= 0.6 is 0 Å². The van der Waals surface area contributed by atoms with E-state index in [2.05, 4.69) is 25.7 Å². The summed E-state index contributed by atoms with van der Waals surface area (Å²) in [7, 11) is 0. The van der Waals surface area contributed by atoms with E-state index in [9.17, 15) is 4.79 Å². The third-order valence-electron chi connectivity index (χ3n) is 2.44. The quantitative estimate of drug-likeness (QED) is 0.662. The highest BCUT2D eigenvalue weighted by Gasteiger charge is 1.95. The van der Waals surface area contributed by atoms with E-state index in [1.165, 1.54) is 50.8 Å². The van der Waals surface area contributed by atoms with Gasteiger partial charge in [0.15, 0.2) is 0 Å². The van der Waals surface area contributed by atoms with Crippen molar-refractivity contribution in [1.29, 1.82) is 0 Å². The number of ether oxygens (including phenoxy) is 1. The van der Waals surface area contributed by atoms with E-state index in [-0.39, 0.29) is 11.7 Å². The normalized spacial score (nSPS) is 9.61. The molecule has 18 heavy (non-hydrogen) atoms. The number of hydrogen-bond acceptors (Lipinski definition) is 4. The Kier molecular flexibility index (Phi) is 8.66. The molecule has 1 aromatic carbocycles. The molecule has 1 aromatic rings. The van der Waals surface area contributed by atoms with E-state index in [0.717, 1.165) is 0 Å². The minimum absolute atomic E-state index is 0.154. The van der Waals surface area contributed by atoms with Crippen molar-refractivity contribution in [2.45, 2.75) is 27.7 Å². The lowest BCUT2D eigenvalue weighted by atomic mass is 10.3. The maximum absolute atomic E-state index is 10.4. The van der Waals surface area contributed by atoms with Gasteiger partial charge < -0.3 is 14.7 Å². The SMILES string of the molecule is CC(=O)Oc1ccc(O)cc1.CCN(CC)CC. The van der Waals surface area contributed by atoms with Gasteiger partial charge >= 0.3 is 5.97 Å². The second kappa shape index (κ2) is 9.48. The van der Waals surface area contributed by atoms with Crippen molar-refractivity contribution in [3.05, 3.63) is 24.3 Å². The van der Waals surface area contributed by atoms with E-state index < -0.39 is 0 Å². The third-order valence-corrected chi connectivity index (χ3v) is 2.44. The van der Waals surface area contributed by atoms with Crippen molar-refractivity contribution in [3.8, 4) is 11.5 Å². The van der Waals surface area contributed by atoms with E-state index in [0.29, 0.717) is 5.75 Å². The largest absolute Gasteiger partial charge is 0.508 e. The molecule has 4 nitrogen and oxygen atoms in total. The Morgan fingerprint density at radius 2 is 1.56 bits per heavy atom. The van der Waals surface area contributed by atoms with Crippen LogP contribution in [0.1, 0.15) is 27.7 Å². The lowest BCUT2D eigenvalue weighted by Crippen LogP contribution is -2.21. The van der Waals surface area contributed by atoms with Gasteiger partial charge in [0, 0.05) is 6.92 Å². The maximum Gasteiger partial charge on any atom is 0.308 e. The van der Waals surface area contributed by atoms with Crippen molar-refractivity contribution < 1.29 is 14.6 Å². The number of carbonyl (C=O) groups excluding carboxylic acids is 1. The molecule has 0 aliphatic rings. The molecule has 0 fully saturated rings. The molecule has 0 aliphatic carbocycles. The third kappa shape index (κ3) is 7.68. The first-order valence-electron chi connectivity index (χ1n) is 6.23. The van der Waals surface area contributed by atoms with Gasteiger partial charge in [0.05, 0.1) is 0 Å². The Labute approximate surface area is 109 Å². The summed E-state index contributed by atoms with van der Waals surface area (Å²) in [5, 5.41) is 8.85. The number of benzene rings is 1. The van der Waals surface area contributed by atoms with Crippen LogP contribution in [0.3, 0.4) is 0 Å². The van der Waals surface area contributed by atoms with Gasteiger partial charge in [-0.15, -0.1) is 0 Å². The van der Waals surface area contributed by atoms with Gasteiger partial charge in [0.1, 0.15) is 11.5 Å². The van der Waals surface area contributed by atoms with Crippen LogP contribution in [0.4, 0.5) is 0 Å². The highest BCUT2D eigenvalue weighted by atomic mass is 16.5. The lowest BCUT2D eigenvalue weighted by Gasteiger charge is -2.13. The number of rotatable bonds is 4. The molecule has 0 heterocycles. The first-order valence-corrected chi connectivity index (χ1v) is 6.23. The number of carbonyl (C=O) groups is 1. The Bertz CT molecular complexity index is 326. The number of nitrogens with zero attached hydrogens (tertiary/aromatic N) is 1. The molecule has 0 saturated heterocycles.